The van der Waals surface area contributed by atoms with Gasteiger partial charge in [-0.25, -0.2) is 9.40 Å². The molecule has 0 aromatic carbocycles. The van der Waals surface area contributed by atoms with Gasteiger partial charge in [-0.1, -0.05) is 0 Å². The minimum atomic E-state index is -4.83. The molecule has 1 atom stereocenters. The molecule has 1 aliphatic heterocycles. The van der Waals surface area contributed by atoms with Gasteiger partial charge in [0.05, 0.1) is 24.9 Å². The zero-order valence-corrected chi connectivity index (χ0v) is 9.93. The Labute approximate surface area is 110 Å². The summed E-state index contributed by atoms with van der Waals surface area (Å²) in [6.45, 7) is -0.991. The van der Waals surface area contributed by atoms with E-state index < -0.39 is 30.5 Å². The van der Waals surface area contributed by atoms with Crippen molar-refractivity contribution in [1.29, 1.82) is 0 Å². The predicted molar refractivity (Wildman–Crippen MR) is 59.1 cm³/mol. The molecule has 5 nitrogen and oxygen atoms in total. The number of β-amino-alcohol motifs (C(OH)–C–C–N with tert-alkyl or cyclic N) is 1. The number of amides is 1. The molecule has 1 N–H and O–H groups in total. The van der Waals surface area contributed by atoms with Gasteiger partial charge in [-0.3, -0.25) is 9.78 Å². The third-order valence-corrected chi connectivity index (χ3v) is 2.61. The number of pyridine rings is 1. The van der Waals surface area contributed by atoms with Crippen LogP contribution in [0.4, 0.5) is 17.6 Å². The molecule has 0 fully saturated rings. The second kappa shape index (κ2) is 5.16. The zero-order chi connectivity index (χ0) is 14.9. The molecule has 0 spiro atoms. The molecule has 9 heteroatoms. The summed E-state index contributed by atoms with van der Waals surface area (Å²) in [4.78, 5) is 15.1. The maximum atomic E-state index is 13.0. The van der Waals surface area contributed by atoms with Crippen molar-refractivity contribution in [3.8, 4) is 0 Å². The van der Waals surface area contributed by atoms with E-state index in [4.69, 9.17) is 5.11 Å². The van der Waals surface area contributed by atoms with Crippen molar-refractivity contribution >= 4 is 11.6 Å². The van der Waals surface area contributed by atoms with Gasteiger partial charge in [0.2, 0.25) is 5.91 Å². The molecule has 1 aliphatic rings. The lowest BCUT2D eigenvalue weighted by molar-refractivity contribution is -0.208. The lowest BCUT2D eigenvalue weighted by Gasteiger charge is -2.18. The van der Waals surface area contributed by atoms with Crippen molar-refractivity contribution in [2.75, 3.05) is 6.54 Å². The Balaban J connectivity index is 2.15. The first kappa shape index (κ1) is 14.4. The first-order valence-electron chi connectivity index (χ1n) is 5.51. The van der Waals surface area contributed by atoms with Crippen molar-refractivity contribution in [3.05, 3.63) is 29.8 Å². The van der Waals surface area contributed by atoms with Crippen molar-refractivity contribution < 1.29 is 27.5 Å². The number of halogens is 4. The largest absolute Gasteiger partial charge is 0.416 e. The molecule has 1 amide bonds. The lowest BCUT2D eigenvalue weighted by Crippen LogP contribution is -2.39. The number of carbonyl (C=O) groups excluding carboxylic acids is 1. The van der Waals surface area contributed by atoms with Crippen LogP contribution in [0.1, 0.15) is 12.0 Å². The summed E-state index contributed by atoms with van der Waals surface area (Å²) in [5.41, 5.74) is 0.318. The number of rotatable bonds is 3. The van der Waals surface area contributed by atoms with Crippen LogP contribution in [0.5, 0.6) is 0 Å². The quantitative estimate of drug-likeness (QED) is 0.847. The van der Waals surface area contributed by atoms with Crippen molar-refractivity contribution in [2.24, 2.45) is 5.10 Å². The standard InChI is InChI=1S/C11H9F4N3O2/c12-7-1-6(3-16-4-7)8-2-10(20)18(17-8)5-9(19)11(13,14)15/h1,3-4,9,19H,2,5H2. The Hall–Kier alpha value is -2.03. The Bertz CT molecular complexity index is 559. The van der Waals surface area contributed by atoms with Crippen LogP contribution in [0.3, 0.4) is 0 Å². The molecule has 0 aliphatic carbocycles. The van der Waals surface area contributed by atoms with Crippen LogP contribution in [0, 0.1) is 5.82 Å². The summed E-state index contributed by atoms with van der Waals surface area (Å²) in [6.07, 6.45) is -5.58. The number of carbonyl (C=O) groups is 1. The van der Waals surface area contributed by atoms with E-state index >= 15 is 0 Å². The SMILES string of the molecule is O=C1CC(c2cncc(F)c2)=NN1CC(O)C(F)(F)F. The molecule has 0 saturated carbocycles. The van der Waals surface area contributed by atoms with E-state index in [1.54, 1.807) is 0 Å². The van der Waals surface area contributed by atoms with Gasteiger partial charge in [0, 0.05) is 11.8 Å². The fraction of sp³-hybridized carbons (Fsp3) is 0.364. The number of hydrazone groups is 1. The van der Waals surface area contributed by atoms with Gasteiger partial charge in [0.1, 0.15) is 5.82 Å². The maximum absolute atomic E-state index is 13.0. The summed E-state index contributed by atoms with van der Waals surface area (Å²) in [6, 6.07) is 1.07. The molecule has 2 heterocycles. The number of alkyl halides is 3. The van der Waals surface area contributed by atoms with E-state index in [9.17, 15) is 22.4 Å². The molecular formula is C11H9F4N3O2. The molecule has 108 valence electrons. The van der Waals surface area contributed by atoms with E-state index in [1.807, 2.05) is 0 Å². The van der Waals surface area contributed by atoms with E-state index in [0.29, 0.717) is 5.01 Å². The van der Waals surface area contributed by atoms with Gasteiger partial charge >= 0.3 is 6.18 Å². The van der Waals surface area contributed by atoms with E-state index in [2.05, 4.69) is 10.1 Å². The fourth-order valence-corrected chi connectivity index (χ4v) is 1.61. The normalized spacial score (nSPS) is 17.4. The molecule has 20 heavy (non-hydrogen) atoms. The highest BCUT2D eigenvalue weighted by molar-refractivity contribution is 6.13. The molecule has 1 unspecified atom stereocenters. The molecule has 2 rings (SSSR count). The topological polar surface area (TPSA) is 65.8 Å². The number of aliphatic hydroxyl groups is 1. The van der Waals surface area contributed by atoms with Crippen LogP contribution in [0.15, 0.2) is 23.6 Å². The van der Waals surface area contributed by atoms with Gasteiger partial charge in [0.25, 0.3) is 0 Å². The second-order valence-electron chi connectivity index (χ2n) is 4.15. The molecule has 0 bridgehead atoms. The first-order valence-corrected chi connectivity index (χ1v) is 5.51. The summed E-state index contributed by atoms with van der Waals surface area (Å²) < 4.78 is 49.6. The summed E-state index contributed by atoms with van der Waals surface area (Å²) >= 11 is 0. The highest BCUT2D eigenvalue weighted by Gasteiger charge is 2.41. The number of hydrogen-bond donors (Lipinski definition) is 1. The van der Waals surface area contributed by atoms with E-state index in [1.165, 1.54) is 6.20 Å². The first-order chi connectivity index (χ1) is 9.27. The fourth-order valence-electron chi connectivity index (χ4n) is 1.61. The third-order valence-electron chi connectivity index (χ3n) is 2.61. The maximum Gasteiger partial charge on any atom is 0.416 e. The van der Waals surface area contributed by atoms with E-state index in [0.717, 1.165) is 12.3 Å². The Morgan fingerprint density at radius 2 is 2.10 bits per heavy atom. The number of hydrogen-bond acceptors (Lipinski definition) is 4. The summed E-state index contributed by atoms with van der Waals surface area (Å²) in [7, 11) is 0. The minimum Gasteiger partial charge on any atom is -0.382 e. The average Bonchev–Trinajstić information content (AvgIpc) is 2.70. The Morgan fingerprint density at radius 3 is 2.70 bits per heavy atom. The highest BCUT2D eigenvalue weighted by Crippen LogP contribution is 2.23. The average molecular weight is 291 g/mol. The smallest absolute Gasteiger partial charge is 0.382 e. The Morgan fingerprint density at radius 1 is 1.40 bits per heavy atom. The molecule has 1 aromatic heterocycles. The number of aromatic nitrogens is 1. The van der Waals surface area contributed by atoms with Crippen LogP contribution < -0.4 is 0 Å². The summed E-state index contributed by atoms with van der Waals surface area (Å²) in [5, 5.41) is 13.1. The molecule has 0 saturated heterocycles. The summed E-state index contributed by atoms with van der Waals surface area (Å²) in [5.74, 6) is -1.35. The lowest BCUT2D eigenvalue weighted by atomic mass is 10.1. The van der Waals surface area contributed by atoms with Crippen molar-refractivity contribution in [3.63, 3.8) is 0 Å². The van der Waals surface area contributed by atoms with Gasteiger partial charge in [-0.05, 0) is 6.07 Å². The van der Waals surface area contributed by atoms with Crippen LogP contribution in [0.25, 0.3) is 0 Å². The van der Waals surface area contributed by atoms with Gasteiger partial charge < -0.3 is 5.11 Å². The monoisotopic (exact) mass is 291 g/mol. The Kier molecular flexibility index (Phi) is 3.71. The van der Waals surface area contributed by atoms with Crippen LogP contribution >= 0.6 is 0 Å². The van der Waals surface area contributed by atoms with Gasteiger partial charge in [0.15, 0.2) is 6.10 Å². The number of aliphatic hydroxyl groups excluding tert-OH is 1. The molecular weight excluding hydrogens is 282 g/mol. The highest BCUT2D eigenvalue weighted by atomic mass is 19.4. The number of nitrogens with zero attached hydrogens (tertiary/aromatic N) is 3. The second-order valence-corrected chi connectivity index (χ2v) is 4.15. The molecule has 1 aromatic rings. The van der Waals surface area contributed by atoms with Gasteiger partial charge in [-0.2, -0.15) is 18.3 Å². The predicted octanol–water partition coefficient (Wildman–Crippen LogP) is 1.08. The van der Waals surface area contributed by atoms with Crippen LogP contribution in [0.2, 0.25) is 0 Å². The molecule has 0 radical (unpaired) electrons. The van der Waals surface area contributed by atoms with Crippen molar-refractivity contribution in [1.82, 2.24) is 9.99 Å². The van der Waals surface area contributed by atoms with E-state index in [-0.39, 0.29) is 17.7 Å². The van der Waals surface area contributed by atoms with Crippen LogP contribution in [-0.4, -0.2) is 45.5 Å². The minimum absolute atomic E-state index is 0.108. The van der Waals surface area contributed by atoms with Gasteiger partial charge in [-0.15, -0.1) is 0 Å². The van der Waals surface area contributed by atoms with Crippen LogP contribution in [-0.2, 0) is 4.79 Å². The van der Waals surface area contributed by atoms with Crippen molar-refractivity contribution in [2.45, 2.75) is 18.7 Å². The zero-order valence-electron chi connectivity index (χ0n) is 9.93. The third kappa shape index (κ3) is 3.10.